The van der Waals surface area contributed by atoms with Crippen LogP contribution in [0.15, 0.2) is 0 Å². The molecule has 0 aliphatic carbocycles. The molecular formula is C22H44Br2. The highest BCUT2D eigenvalue weighted by atomic mass is 79.9. The zero-order chi connectivity index (χ0) is 18.8. The first-order valence-corrected chi connectivity index (χ1v) is 12.5. The molecule has 0 heterocycles. The summed E-state index contributed by atoms with van der Waals surface area (Å²) < 4.78 is 0. The van der Waals surface area contributed by atoms with Crippen LogP contribution >= 0.6 is 31.9 Å². The number of hydrogen-bond acceptors (Lipinski definition) is 0. The van der Waals surface area contributed by atoms with E-state index in [0.29, 0.717) is 10.8 Å². The molecule has 0 fully saturated rings. The van der Waals surface area contributed by atoms with E-state index >= 15 is 0 Å². The summed E-state index contributed by atoms with van der Waals surface area (Å²) in [5, 5.41) is 2.30. The van der Waals surface area contributed by atoms with E-state index in [-0.39, 0.29) is 0 Å². The van der Waals surface area contributed by atoms with Crippen LogP contribution in [0.2, 0.25) is 0 Å². The summed E-state index contributed by atoms with van der Waals surface area (Å²) in [4.78, 5) is 0. The Morgan fingerprint density at radius 2 is 1.12 bits per heavy atom. The maximum Gasteiger partial charge on any atom is 0.00339 e. The van der Waals surface area contributed by atoms with Crippen LogP contribution in [-0.2, 0) is 0 Å². The van der Waals surface area contributed by atoms with Gasteiger partial charge in [-0.15, -0.1) is 0 Å². The van der Waals surface area contributed by atoms with Gasteiger partial charge in [-0.05, 0) is 60.7 Å². The molecule has 24 heavy (non-hydrogen) atoms. The van der Waals surface area contributed by atoms with Crippen molar-refractivity contribution in [1.82, 2.24) is 0 Å². The molecule has 0 aliphatic heterocycles. The van der Waals surface area contributed by atoms with E-state index in [2.05, 4.69) is 80.3 Å². The maximum absolute atomic E-state index is 3.65. The van der Waals surface area contributed by atoms with Crippen LogP contribution in [0.25, 0.3) is 0 Å². The highest BCUT2D eigenvalue weighted by Crippen LogP contribution is 2.45. The van der Waals surface area contributed by atoms with Crippen LogP contribution in [0.4, 0.5) is 0 Å². The van der Waals surface area contributed by atoms with E-state index in [0.717, 1.165) is 28.4 Å². The van der Waals surface area contributed by atoms with Gasteiger partial charge in [-0.3, -0.25) is 0 Å². The Morgan fingerprint density at radius 3 is 1.50 bits per heavy atom. The zero-order valence-electron chi connectivity index (χ0n) is 17.6. The number of halogens is 2. The molecule has 0 spiro atoms. The molecule has 0 saturated carbocycles. The lowest BCUT2D eigenvalue weighted by Crippen LogP contribution is -2.31. The minimum atomic E-state index is 0.450. The molecule has 0 amide bonds. The van der Waals surface area contributed by atoms with E-state index in [9.17, 15) is 0 Å². The molecule has 2 heteroatoms. The summed E-state index contributed by atoms with van der Waals surface area (Å²) in [6.45, 7) is 17.2. The summed E-state index contributed by atoms with van der Waals surface area (Å²) in [5.74, 6) is 2.57. The van der Waals surface area contributed by atoms with Crippen molar-refractivity contribution >= 4 is 31.9 Å². The molecule has 0 saturated heterocycles. The fraction of sp³-hybridized carbons (Fsp3) is 1.00. The summed E-state index contributed by atoms with van der Waals surface area (Å²) in [5.41, 5.74) is 0.907. The largest absolute Gasteiger partial charge is 0.0928 e. The topological polar surface area (TPSA) is 0 Å². The zero-order valence-corrected chi connectivity index (χ0v) is 20.7. The standard InChI is InChI=1S/C22H44Br2/c1-8-18(11-13-23)15-21(4,5)17-20(10-3)22(6,7)16-19(9-2)12-14-24/h18-20H,8-17H2,1-7H3. The maximum atomic E-state index is 3.65. The summed E-state index contributed by atoms with van der Waals surface area (Å²) in [6.07, 6.45) is 10.7. The second kappa shape index (κ2) is 12.4. The summed E-state index contributed by atoms with van der Waals surface area (Å²) in [6, 6.07) is 0. The molecule has 0 nitrogen and oxygen atoms in total. The van der Waals surface area contributed by atoms with Crippen molar-refractivity contribution in [3.8, 4) is 0 Å². The van der Waals surface area contributed by atoms with E-state index < -0.39 is 0 Å². The molecule has 3 unspecified atom stereocenters. The predicted octanol–water partition coefficient (Wildman–Crippen LogP) is 8.86. The van der Waals surface area contributed by atoms with Crippen molar-refractivity contribution < 1.29 is 0 Å². The van der Waals surface area contributed by atoms with E-state index in [1.807, 2.05) is 0 Å². The van der Waals surface area contributed by atoms with Crippen LogP contribution < -0.4 is 0 Å². The van der Waals surface area contributed by atoms with Gasteiger partial charge in [-0.1, -0.05) is 99.6 Å². The molecule has 3 atom stereocenters. The fourth-order valence-corrected chi connectivity index (χ4v) is 5.92. The Balaban J connectivity index is 4.90. The third-order valence-corrected chi connectivity index (χ3v) is 7.16. The predicted molar refractivity (Wildman–Crippen MR) is 120 cm³/mol. The Bertz CT molecular complexity index is 309. The van der Waals surface area contributed by atoms with Crippen molar-refractivity contribution in [3.05, 3.63) is 0 Å². The Kier molecular flexibility index (Phi) is 12.9. The molecule has 0 rings (SSSR count). The van der Waals surface area contributed by atoms with Crippen LogP contribution in [-0.4, -0.2) is 10.7 Å². The van der Waals surface area contributed by atoms with Gasteiger partial charge < -0.3 is 0 Å². The minimum absolute atomic E-state index is 0.450. The van der Waals surface area contributed by atoms with Crippen LogP contribution in [0.5, 0.6) is 0 Å². The van der Waals surface area contributed by atoms with Crippen LogP contribution in [0, 0.1) is 28.6 Å². The highest BCUT2D eigenvalue weighted by molar-refractivity contribution is 9.09. The molecule has 0 aliphatic rings. The smallest absolute Gasteiger partial charge is 0.00339 e. The Morgan fingerprint density at radius 1 is 0.667 bits per heavy atom. The SMILES string of the molecule is CCC(CCBr)CC(C)(C)CC(CC)C(C)(C)CC(CC)CCBr. The lowest BCUT2D eigenvalue weighted by atomic mass is 9.64. The van der Waals surface area contributed by atoms with Crippen molar-refractivity contribution in [3.63, 3.8) is 0 Å². The molecule has 146 valence electrons. The first kappa shape index (κ1) is 25.0. The van der Waals surface area contributed by atoms with Gasteiger partial charge in [-0.25, -0.2) is 0 Å². The van der Waals surface area contributed by atoms with E-state index in [1.54, 1.807) is 0 Å². The lowest BCUT2D eigenvalue weighted by molar-refractivity contribution is 0.0902. The second-order valence-electron chi connectivity index (χ2n) is 9.37. The molecule has 0 bridgehead atoms. The van der Waals surface area contributed by atoms with Gasteiger partial charge in [0, 0.05) is 10.7 Å². The molecule has 0 N–H and O–H groups in total. The van der Waals surface area contributed by atoms with Gasteiger partial charge in [0.15, 0.2) is 0 Å². The normalized spacial score (nSPS) is 16.9. The molecule has 0 aromatic carbocycles. The van der Waals surface area contributed by atoms with Gasteiger partial charge in [0.1, 0.15) is 0 Å². The average molecular weight is 468 g/mol. The average Bonchev–Trinajstić information content (AvgIpc) is 2.51. The van der Waals surface area contributed by atoms with Crippen molar-refractivity contribution in [2.24, 2.45) is 28.6 Å². The number of hydrogen-bond donors (Lipinski definition) is 0. The van der Waals surface area contributed by atoms with Crippen LogP contribution in [0.1, 0.15) is 99.8 Å². The van der Waals surface area contributed by atoms with Gasteiger partial charge in [0.05, 0.1) is 0 Å². The highest BCUT2D eigenvalue weighted by Gasteiger charge is 2.35. The van der Waals surface area contributed by atoms with E-state index in [1.165, 1.54) is 51.4 Å². The van der Waals surface area contributed by atoms with Gasteiger partial charge in [0.2, 0.25) is 0 Å². The molecule has 0 aromatic heterocycles. The minimum Gasteiger partial charge on any atom is -0.0928 e. The summed E-state index contributed by atoms with van der Waals surface area (Å²) >= 11 is 7.29. The Labute approximate surface area is 170 Å². The first-order chi connectivity index (χ1) is 11.2. The molecular weight excluding hydrogens is 424 g/mol. The van der Waals surface area contributed by atoms with Crippen molar-refractivity contribution in [1.29, 1.82) is 0 Å². The van der Waals surface area contributed by atoms with Gasteiger partial charge in [-0.2, -0.15) is 0 Å². The number of rotatable bonds is 14. The van der Waals surface area contributed by atoms with Gasteiger partial charge >= 0.3 is 0 Å². The monoisotopic (exact) mass is 466 g/mol. The van der Waals surface area contributed by atoms with Crippen molar-refractivity contribution in [2.45, 2.75) is 99.8 Å². The number of alkyl halides is 2. The fourth-order valence-electron chi connectivity index (χ4n) is 4.63. The van der Waals surface area contributed by atoms with E-state index in [4.69, 9.17) is 0 Å². The third kappa shape index (κ3) is 9.60. The summed E-state index contributed by atoms with van der Waals surface area (Å²) in [7, 11) is 0. The molecule has 0 radical (unpaired) electrons. The third-order valence-electron chi connectivity index (χ3n) is 6.24. The quantitative estimate of drug-likeness (QED) is 0.223. The molecule has 0 aromatic rings. The van der Waals surface area contributed by atoms with Crippen molar-refractivity contribution in [2.75, 3.05) is 10.7 Å². The van der Waals surface area contributed by atoms with Crippen LogP contribution in [0.3, 0.4) is 0 Å². The lowest BCUT2D eigenvalue weighted by Gasteiger charge is -2.42. The van der Waals surface area contributed by atoms with Gasteiger partial charge in [0.25, 0.3) is 0 Å². The first-order valence-electron chi connectivity index (χ1n) is 10.3. The second-order valence-corrected chi connectivity index (χ2v) is 11.0. The Hall–Kier alpha value is 0.960.